The van der Waals surface area contributed by atoms with Crippen LogP contribution in [0.25, 0.3) is 21.7 Å². The molecule has 1 aromatic carbocycles. The molecule has 154 valence electrons. The zero-order valence-corrected chi connectivity index (χ0v) is 17.4. The summed E-state index contributed by atoms with van der Waals surface area (Å²) in [6, 6.07) is 4.53. The maximum atomic E-state index is 13.1. The van der Waals surface area contributed by atoms with Gasteiger partial charge in [-0.05, 0) is 18.6 Å². The van der Waals surface area contributed by atoms with Crippen molar-refractivity contribution >= 4 is 38.5 Å². The number of piperazine rings is 1. The summed E-state index contributed by atoms with van der Waals surface area (Å²) in [5.74, 6) is 0. The first-order chi connectivity index (χ1) is 14.0. The van der Waals surface area contributed by atoms with Gasteiger partial charge in [0.1, 0.15) is 15.4 Å². The highest BCUT2D eigenvalue weighted by Gasteiger charge is 2.38. The lowest BCUT2D eigenvalue weighted by atomic mass is 9.92. The van der Waals surface area contributed by atoms with Crippen LogP contribution in [0.5, 0.6) is 0 Å². The van der Waals surface area contributed by atoms with Crippen LogP contribution in [0.4, 0.5) is 6.01 Å². The number of aliphatic hydroxyl groups excluding tert-OH is 1. The Labute approximate surface area is 172 Å². The normalized spacial score (nSPS) is 21.7. The molecule has 0 radical (unpaired) electrons. The van der Waals surface area contributed by atoms with E-state index in [1.165, 1.54) is 18.4 Å². The van der Waals surface area contributed by atoms with E-state index in [0.717, 1.165) is 34.4 Å². The van der Waals surface area contributed by atoms with Gasteiger partial charge in [-0.25, -0.2) is 13.4 Å². The number of anilines is 1. The van der Waals surface area contributed by atoms with Gasteiger partial charge >= 0.3 is 0 Å². The van der Waals surface area contributed by atoms with Crippen molar-refractivity contribution in [1.29, 1.82) is 0 Å². The quantitative estimate of drug-likeness (QED) is 0.592. The van der Waals surface area contributed by atoms with Gasteiger partial charge in [-0.2, -0.15) is 9.29 Å². The second-order valence-electron chi connectivity index (χ2n) is 7.37. The molecule has 0 saturated carbocycles. The molecule has 9 nitrogen and oxygen atoms in total. The molecule has 0 amide bonds. The highest BCUT2D eigenvalue weighted by atomic mass is 32.2. The minimum absolute atomic E-state index is 0.00389. The van der Waals surface area contributed by atoms with Crippen LogP contribution in [-0.2, 0) is 10.0 Å². The number of likely N-dealkylation sites (N-methyl/N-ethyl adjacent to an activating group) is 1. The summed E-state index contributed by atoms with van der Waals surface area (Å²) in [7, 11) is -2.39. The van der Waals surface area contributed by atoms with Crippen LogP contribution in [0.15, 0.2) is 33.0 Å². The van der Waals surface area contributed by atoms with Crippen LogP contribution in [0.3, 0.4) is 0 Å². The van der Waals surface area contributed by atoms with Crippen molar-refractivity contribution in [3.05, 3.63) is 23.7 Å². The minimum Gasteiger partial charge on any atom is -0.423 e. The monoisotopic (exact) mass is 435 g/mol. The molecule has 0 aliphatic carbocycles. The molecule has 3 fully saturated rings. The number of fused-ring (bicyclic) bond motifs is 3. The predicted molar refractivity (Wildman–Crippen MR) is 110 cm³/mol. The summed E-state index contributed by atoms with van der Waals surface area (Å²) in [4.78, 5) is 11.1. The van der Waals surface area contributed by atoms with Gasteiger partial charge in [0.05, 0.1) is 12.2 Å². The topological polar surface area (TPSA) is 112 Å². The number of hydrogen-bond donors (Lipinski definition) is 2. The van der Waals surface area contributed by atoms with Crippen molar-refractivity contribution in [3.63, 3.8) is 0 Å². The van der Waals surface area contributed by atoms with Crippen molar-refractivity contribution in [2.24, 2.45) is 0 Å². The maximum absolute atomic E-state index is 13.1. The Morgan fingerprint density at radius 2 is 2.14 bits per heavy atom. The van der Waals surface area contributed by atoms with Crippen molar-refractivity contribution in [2.75, 3.05) is 38.2 Å². The van der Waals surface area contributed by atoms with Crippen LogP contribution < -0.4 is 10.2 Å². The average molecular weight is 436 g/mol. The van der Waals surface area contributed by atoms with Crippen LogP contribution in [0, 0.1) is 0 Å². The van der Waals surface area contributed by atoms with Gasteiger partial charge < -0.3 is 19.7 Å². The Balaban J connectivity index is 1.66. The molecule has 2 aromatic heterocycles. The van der Waals surface area contributed by atoms with E-state index < -0.39 is 10.0 Å². The summed E-state index contributed by atoms with van der Waals surface area (Å²) in [5.41, 5.74) is 1.43. The molecule has 0 spiro atoms. The summed E-state index contributed by atoms with van der Waals surface area (Å²) in [6.07, 6.45) is 2.85. The van der Waals surface area contributed by atoms with Crippen molar-refractivity contribution in [2.45, 2.75) is 23.4 Å². The lowest BCUT2D eigenvalue weighted by Crippen LogP contribution is -2.67. The van der Waals surface area contributed by atoms with E-state index in [0.29, 0.717) is 29.2 Å². The zero-order chi connectivity index (χ0) is 20.2. The SMILES string of the molecule is CN(CCO)S(=O)(=O)c1ccc(-c2nccs2)c2oc(N3CC4CC(C3)N4)nc12. The fourth-order valence-corrected chi connectivity index (χ4v) is 5.88. The van der Waals surface area contributed by atoms with E-state index in [4.69, 9.17) is 4.42 Å². The third-order valence-corrected chi connectivity index (χ3v) is 8.15. The highest BCUT2D eigenvalue weighted by molar-refractivity contribution is 7.89. The van der Waals surface area contributed by atoms with Crippen LogP contribution in [0.1, 0.15) is 6.42 Å². The number of benzene rings is 1. The molecule has 2 bridgehead atoms. The van der Waals surface area contributed by atoms with Gasteiger partial charge in [-0.15, -0.1) is 11.3 Å². The maximum Gasteiger partial charge on any atom is 0.298 e. The highest BCUT2D eigenvalue weighted by Crippen LogP contribution is 2.38. The Bertz CT molecular complexity index is 1130. The molecular formula is C18H21N5O4S2. The van der Waals surface area contributed by atoms with Crippen molar-refractivity contribution in [3.8, 4) is 10.6 Å². The fourth-order valence-electron chi connectivity index (χ4n) is 3.94. The number of sulfonamides is 1. The Morgan fingerprint density at radius 3 is 2.79 bits per heavy atom. The van der Waals surface area contributed by atoms with Gasteiger partial charge in [0.2, 0.25) is 10.0 Å². The van der Waals surface area contributed by atoms with E-state index in [-0.39, 0.29) is 18.0 Å². The Morgan fingerprint density at radius 1 is 1.38 bits per heavy atom. The molecular weight excluding hydrogens is 414 g/mol. The first-order valence-electron chi connectivity index (χ1n) is 9.39. The van der Waals surface area contributed by atoms with Crippen molar-refractivity contribution < 1.29 is 17.9 Å². The largest absolute Gasteiger partial charge is 0.423 e. The number of thiazole rings is 1. The van der Waals surface area contributed by atoms with Crippen molar-refractivity contribution in [1.82, 2.24) is 19.6 Å². The van der Waals surface area contributed by atoms with E-state index >= 15 is 0 Å². The first kappa shape index (κ1) is 18.9. The summed E-state index contributed by atoms with van der Waals surface area (Å²) >= 11 is 1.46. The molecule has 29 heavy (non-hydrogen) atoms. The fraction of sp³-hybridized carbons (Fsp3) is 0.444. The van der Waals surface area contributed by atoms with Crippen LogP contribution in [-0.4, -0.2) is 73.2 Å². The molecule has 2 atom stereocenters. The third kappa shape index (κ3) is 3.13. The lowest BCUT2D eigenvalue weighted by molar-refractivity contribution is 0.220. The van der Waals surface area contributed by atoms with E-state index in [1.54, 1.807) is 18.3 Å². The summed E-state index contributed by atoms with van der Waals surface area (Å²) < 4.78 is 33.4. The molecule has 2 N–H and O–H groups in total. The molecule has 5 heterocycles. The second-order valence-corrected chi connectivity index (χ2v) is 10.3. The number of piperidine rings is 1. The number of nitrogens with one attached hydrogen (secondary N) is 1. The molecule has 3 aliphatic heterocycles. The van der Waals surface area contributed by atoms with Gasteiger partial charge in [-0.1, -0.05) is 0 Å². The third-order valence-electron chi connectivity index (χ3n) is 5.45. The zero-order valence-electron chi connectivity index (χ0n) is 15.8. The first-order valence-corrected chi connectivity index (χ1v) is 11.7. The number of oxazole rings is 1. The standard InChI is InChI=1S/C18H21N5O4S2/c1-22(5-6-24)29(25,26)14-3-2-13(17-19-4-7-28-17)16-15(14)21-18(27-16)23-9-11-8-12(10-23)20-11/h2-4,7,11-12,20,24H,5-6,8-10H2,1H3. The van der Waals surface area contributed by atoms with Gasteiger partial charge in [0.25, 0.3) is 6.01 Å². The number of aliphatic hydroxyl groups is 1. The second kappa shape index (κ2) is 7.03. The van der Waals surface area contributed by atoms with E-state index in [9.17, 15) is 13.5 Å². The number of rotatable bonds is 6. The molecule has 11 heteroatoms. The average Bonchev–Trinajstić information content (AvgIpc) is 3.37. The number of aromatic nitrogens is 2. The number of hydrogen-bond acceptors (Lipinski definition) is 9. The summed E-state index contributed by atoms with van der Waals surface area (Å²) in [6.45, 7) is 1.30. The smallest absolute Gasteiger partial charge is 0.298 e. The van der Waals surface area contributed by atoms with E-state index in [2.05, 4.69) is 20.2 Å². The van der Waals surface area contributed by atoms with Gasteiger partial charge in [0, 0.05) is 50.3 Å². The number of nitrogens with zero attached hydrogens (tertiary/aromatic N) is 4. The molecule has 3 saturated heterocycles. The van der Waals surface area contributed by atoms with E-state index in [1.807, 2.05) is 5.38 Å². The predicted octanol–water partition coefficient (Wildman–Crippen LogP) is 1.11. The molecule has 2 unspecified atom stereocenters. The Hall–Kier alpha value is -2.05. The molecule has 3 aliphatic rings. The minimum atomic E-state index is -3.83. The molecule has 6 rings (SSSR count). The van der Waals surface area contributed by atoms with Gasteiger partial charge in [-0.3, -0.25) is 0 Å². The van der Waals surface area contributed by atoms with Crippen LogP contribution in [0.2, 0.25) is 0 Å². The summed E-state index contributed by atoms with van der Waals surface area (Å²) in [5, 5.41) is 15.2. The van der Waals surface area contributed by atoms with Crippen LogP contribution >= 0.6 is 11.3 Å². The molecule has 3 aromatic rings. The van der Waals surface area contributed by atoms with Gasteiger partial charge in [0.15, 0.2) is 5.58 Å². The Kier molecular flexibility index (Phi) is 4.59. The lowest BCUT2D eigenvalue weighted by Gasteiger charge is -2.47.